The SMILES string of the molecule is CCOc1ccc(-c2csc3ncnc(SC(C)C(=O)O)c23)cc1. The molecule has 1 atom stereocenters. The molecule has 124 valence electrons. The van der Waals surface area contributed by atoms with Crippen LogP contribution in [0, 0.1) is 0 Å². The van der Waals surface area contributed by atoms with Gasteiger partial charge in [-0.05, 0) is 31.5 Å². The highest BCUT2D eigenvalue weighted by Gasteiger charge is 2.19. The summed E-state index contributed by atoms with van der Waals surface area (Å²) in [5.41, 5.74) is 2.04. The molecule has 2 heterocycles. The number of thioether (sulfide) groups is 1. The monoisotopic (exact) mass is 360 g/mol. The first-order chi connectivity index (χ1) is 11.6. The average molecular weight is 360 g/mol. The number of rotatable bonds is 6. The van der Waals surface area contributed by atoms with Gasteiger partial charge in [0.2, 0.25) is 0 Å². The highest BCUT2D eigenvalue weighted by Crippen LogP contribution is 2.39. The molecule has 0 aliphatic rings. The van der Waals surface area contributed by atoms with E-state index in [-0.39, 0.29) is 0 Å². The van der Waals surface area contributed by atoms with E-state index in [9.17, 15) is 4.79 Å². The third kappa shape index (κ3) is 3.37. The molecule has 5 nitrogen and oxygen atoms in total. The minimum absolute atomic E-state index is 0.573. The fraction of sp³-hybridized carbons (Fsp3) is 0.235. The molecule has 0 fully saturated rings. The molecule has 0 aliphatic heterocycles. The van der Waals surface area contributed by atoms with Gasteiger partial charge in [0.25, 0.3) is 0 Å². The molecule has 7 heteroatoms. The summed E-state index contributed by atoms with van der Waals surface area (Å²) < 4.78 is 5.48. The molecule has 0 aliphatic carbocycles. The van der Waals surface area contributed by atoms with Crippen LogP contribution in [0.4, 0.5) is 0 Å². The number of ether oxygens (including phenoxy) is 1. The molecule has 0 bridgehead atoms. The van der Waals surface area contributed by atoms with Gasteiger partial charge in [-0.3, -0.25) is 4.79 Å². The maximum absolute atomic E-state index is 11.2. The number of carbonyl (C=O) groups is 1. The smallest absolute Gasteiger partial charge is 0.316 e. The molecule has 0 saturated heterocycles. The van der Waals surface area contributed by atoms with E-state index >= 15 is 0 Å². The lowest BCUT2D eigenvalue weighted by atomic mass is 10.1. The first kappa shape index (κ1) is 16.7. The van der Waals surface area contributed by atoms with Crippen molar-refractivity contribution >= 4 is 39.3 Å². The second-order valence-corrected chi connectivity index (χ2v) is 7.25. The molecular formula is C17H16N2O3S2. The Morgan fingerprint density at radius 1 is 1.33 bits per heavy atom. The third-order valence-corrected chi connectivity index (χ3v) is 5.42. The van der Waals surface area contributed by atoms with Gasteiger partial charge in [0.15, 0.2) is 0 Å². The Morgan fingerprint density at radius 3 is 2.75 bits per heavy atom. The molecule has 1 aromatic carbocycles. The van der Waals surface area contributed by atoms with Crippen LogP contribution >= 0.6 is 23.1 Å². The number of hydrogen-bond acceptors (Lipinski definition) is 6. The second-order valence-electron chi connectivity index (χ2n) is 5.06. The Labute approximate surface area is 147 Å². The molecule has 3 aromatic rings. The zero-order valence-electron chi connectivity index (χ0n) is 13.2. The van der Waals surface area contributed by atoms with Crippen LogP contribution in [0.3, 0.4) is 0 Å². The molecule has 0 spiro atoms. The molecular weight excluding hydrogens is 344 g/mol. The molecule has 1 unspecified atom stereocenters. The van der Waals surface area contributed by atoms with Gasteiger partial charge in [0.1, 0.15) is 27.2 Å². The first-order valence-electron chi connectivity index (χ1n) is 7.45. The number of aliphatic carboxylic acids is 1. The van der Waals surface area contributed by atoms with Crippen LogP contribution in [0.15, 0.2) is 41.0 Å². The standard InChI is InChI=1S/C17H16N2O3S2/c1-3-22-12-6-4-11(5-7-12)13-8-23-15-14(13)16(19-9-18-15)24-10(2)17(20)21/h4-10H,3H2,1-2H3,(H,20,21). The van der Waals surface area contributed by atoms with Crippen LogP contribution in [0.25, 0.3) is 21.3 Å². The number of carboxylic acids is 1. The van der Waals surface area contributed by atoms with Gasteiger partial charge in [-0.25, -0.2) is 9.97 Å². The van der Waals surface area contributed by atoms with E-state index in [4.69, 9.17) is 9.84 Å². The van der Waals surface area contributed by atoms with Crippen LogP contribution in [-0.2, 0) is 4.79 Å². The summed E-state index contributed by atoms with van der Waals surface area (Å²) in [6.07, 6.45) is 1.48. The second kappa shape index (κ2) is 7.19. The Hall–Kier alpha value is -2.12. The first-order valence-corrected chi connectivity index (χ1v) is 9.21. The number of carboxylic acid groups (broad SMARTS) is 1. The van der Waals surface area contributed by atoms with E-state index < -0.39 is 11.2 Å². The lowest BCUT2D eigenvalue weighted by Crippen LogP contribution is -2.11. The van der Waals surface area contributed by atoms with E-state index in [1.54, 1.807) is 6.92 Å². The predicted molar refractivity (Wildman–Crippen MR) is 97.0 cm³/mol. The molecule has 0 radical (unpaired) electrons. The van der Waals surface area contributed by atoms with Gasteiger partial charge in [-0.15, -0.1) is 11.3 Å². The predicted octanol–water partition coefficient (Wildman–Crippen LogP) is 4.32. The van der Waals surface area contributed by atoms with Crippen molar-refractivity contribution < 1.29 is 14.6 Å². The van der Waals surface area contributed by atoms with Crippen molar-refractivity contribution in [3.8, 4) is 16.9 Å². The molecule has 1 N–H and O–H groups in total. The van der Waals surface area contributed by atoms with Crippen LogP contribution in [0.1, 0.15) is 13.8 Å². The zero-order chi connectivity index (χ0) is 17.1. The summed E-state index contributed by atoms with van der Waals surface area (Å²) in [4.78, 5) is 20.6. The number of fused-ring (bicyclic) bond motifs is 1. The number of benzene rings is 1. The number of aromatic nitrogens is 2. The molecule has 0 amide bonds. The van der Waals surface area contributed by atoms with E-state index in [0.29, 0.717) is 11.6 Å². The van der Waals surface area contributed by atoms with Crippen LogP contribution in [0.5, 0.6) is 5.75 Å². The van der Waals surface area contributed by atoms with Gasteiger partial charge < -0.3 is 9.84 Å². The highest BCUT2D eigenvalue weighted by atomic mass is 32.2. The maximum Gasteiger partial charge on any atom is 0.316 e. The molecule has 0 saturated carbocycles. The van der Waals surface area contributed by atoms with E-state index in [1.807, 2.05) is 36.6 Å². The van der Waals surface area contributed by atoms with Gasteiger partial charge in [-0.2, -0.15) is 0 Å². The largest absolute Gasteiger partial charge is 0.494 e. The van der Waals surface area contributed by atoms with Crippen molar-refractivity contribution in [1.82, 2.24) is 9.97 Å². The van der Waals surface area contributed by atoms with Crippen molar-refractivity contribution in [2.24, 2.45) is 0 Å². The minimum Gasteiger partial charge on any atom is -0.494 e. The average Bonchev–Trinajstić information content (AvgIpc) is 3.01. The molecule has 3 rings (SSSR count). The third-order valence-electron chi connectivity index (χ3n) is 3.45. The van der Waals surface area contributed by atoms with Gasteiger partial charge in [-0.1, -0.05) is 23.9 Å². The molecule has 24 heavy (non-hydrogen) atoms. The Bertz CT molecular complexity index is 862. The van der Waals surface area contributed by atoms with Crippen molar-refractivity contribution in [2.75, 3.05) is 6.61 Å². The lowest BCUT2D eigenvalue weighted by molar-refractivity contribution is -0.136. The number of nitrogens with zero attached hydrogens (tertiary/aromatic N) is 2. The summed E-state index contributed by atoms with van der Waals surface area (Å²) in [6, 6.07) is 7.85. The summed E-state index contributed by atoms with van der Waals surface area (Å²) in [5, 5.41) is 12.2. The summed E-state index contributed by atoms with van der Waals surface area (Å²) >= 11 is 2.77. The summed E-state index contributed by atoms with van der Waals surface area (Å²) in [7, 11) is 0. The Morgan fingerprint density at radius 2 is 2.08 bits per heavy atom. The van der Waals surface area contributed by atoms with Crippen molar-refractivity contribution in [2.45, 2.75) is 24.1 Å². The van der Waals surface area contributed by atoms with Crippen LogP contribution in [0.2, 0.25) is 0 Å². The van der Waals surface area contributed by atoms with Gasteiger partial charge in [0, 0.05) is 10.9 Å². The van der Waals surface area contributed by atoms with E-state index in [0.717, 1.165) is 27.1 Å². The lowest BCUT2D eigenvalue weighted by Gasteiger charge is -2.08. The Balaban J connectivity index is 2.03. The zero-order valence-corrected chi connectivity index (χ0v) is 14.9. The van der Waals surface area contributed by atoms with Gasteiger partial charge in [0.05, 0.1) is 12.0 Å². The van der Waals surface area contributed by atoms with Crippen molar-refractivity contribution in [1.29, 1.82) is 0 Å². The number of hydrogen-bond donors (Lipinski definition) is 1. The van der Waals surface area contributed by atoms with E-state index in [2.05, 4.69) is 9.97 Å². The topological polar surface area (TPSA) is 72.3 Å². The molecule has 2 aromatic heterocycles. The summed E-state index contributed by atoms with van der Waals surface area (Å²) in [5.74, 6) is -0.0317. The van der Waals surface area contributed by atoms with Crippen LogP contribution in [-0.4, -0.2) is 32.9 Å². The quantitative estimate of drug-likeness (QED) is 0.521. The fourth-order valence-corrected chi connectivity index (χ4v) is 4.11. The fourth-order valence-electron chi connectivity index (χ4n) is 2.26. The van der Waals surface area contributed by atoms with Gasteiger partial charge >= 0.3 is 5.97 Å². The summed E-state index contributed by atoms with van der Waals surface area (Å²) in [6.45, 7) is 4.23. The normalized spacial score (nSPS) is 12.2. The van der Waals surface area contributed by atoms with E-state index in [1.165, 1.54) is 29.4 Å². The highest BCUT2D eigenvalue weighted by molar-refractivity contribution is 8.00. The van der Waals surface area contributed by atoms with Crippen LogP contribution < -0.4 is 4.74 Å². The minimum atomic E-state index is -0.857. The van der Waals surface area contributed by atoms with Crippen molar-refractivity contribution in [3.05, 3.63) is 36.0 Å². The maximum atomic E-state index is 11.2. The Kier molecular flexibility index (Phi) is 5.01. The van der Waals surface area contributed by atoms with Crippen molar-refractivity contribution in [3.63, 3.8) is 0 Å². The number of thiophene rings is 1.